The van der Waals surface area contributed by atoms with E-state index in [0.717, 1.165) is 6.54 Å². The van der Waals surface area contributed by atoms with Gasteiger partial charge in [0.15, 0.2) is 0 Å². The van der Waals surface area contributed by atoms with Crippen molar-refractivity contribution >= 4 is 11.8 Å². The third-order valence-corrected chi connectivity index (χ3v) is 4.17. The molecule has 1 unspecified atom stereocenters. The first-order valence-electron chi connectivity index (χ1n) is 7.29. The Hall–Kier alpha value is -1.06. The second-order valence-electron chi connectivity index (χ2n) is 5.57. The Bertz CT molecular complexity index is 311. The summed E-state index contributed by atoms with van der Waals surface area (Å²) in [5, 5.41) is 2.82. The van der Waals surface area contributed by atoms with Crippen LogP contribution < -0.4 is 5.32 Å². The fraction of sp³-hybridized carbons (Fsp3) is 0.857. The smallest absolute Gasteiger partial charge is 0.245 e. The SMILES string of the molecule is CCC1NC(=O)CCN(CC2CCCCC2)C1=O. The lowest BCUT2D eigenvalue weighted by atomic mass is 9.89. The van der Waals surface area contributed by atoms with Crippen molar-refractivity contribution in [3.8, 4) is 0 Å². The predicted octanol–water partition coefficient (Wildman–Crippen LogP) is 1.69. The molecule has 1 N–H and O–H groups in total. The monoisotopic (exact) mass is 252 g/mol. The molecule has 0 bridgehead atoms. The molecular weight excluding hydrogens is 228 g/mol. The molecule has 4 heteroatoms. The van der Waals surface area contributed by atoms with Crippen LogP contribution in [0.1, 0.15) is 51.9 Å². The highest BCUT2D eigenvalue weighted by atomic mass is 16.2. The van der Waals surface area contributed by atoms with Gasteiger partial charge < -0.3 is 10.2 Å². The molecule has 1 saturated carbocycles. The second kappa shape index (κ2) is 6.21. The Morgan fingerprint density at radius 2 is 1.94 bits per heavy atom. The molecule has 0 aromatic heterocycles. The van der Waals surface area contributed by atoms with Gasteiger partial charge in [-0.25, -0.2) is 0 Å². The van der Waals surface area contributed by atoms with Crippen molar-refractivity contribution in [2.45, 2.75) is 57.9 Å². The lowest BCUT2D eigenvalue weighted by Crippen LogP contribution is -2.45. The highest BCUT2D eigenvalue weighted by molar-refractivity contribution is 5.89. The van der Waals surface area contributed by atoms with Gasteiger partial charge in [0, 0.05) is 19.5 Å². The fourth-order valence-corrected chi connectivity index (χ4v) is 3.03. The molecule has 2 rings (SSSR count). The minimum atomic E-state index is -0.302. The molecule has 18 heavy (non-hydrogen) atoms. The number of nitrogens with one attached hydrogen (secondary N) is 1. The summed E-state index contributed by atoms with van der Waals surface area (Å²) in [5.74, 6) is 0.781. The second-order valence-corrected chi connectivity index (χ2v) is 5.57. The van der Waals surface area contributed by atoms with E-state index in [1.165, 1.54) is 32.1 Å². The van der Waals surface area contributed by atoms with Gasteiger partial charge in [0.2, 0.25) is 11.8 Å². The average Bonchev–Trinajstić information content (AvgIpc) is 2.53. The van der Waals surface area contributed by atoms with E-state index in [1.807, 2.05) is 11.8 Å². The van der Waals surface area contributed by atoms with Gasteiger partial charge in [-0.2, -0.15) is 0 Å². The number of carbonyl (C=O) groups is 2. The number of hydrogen-bond acceptors (Lipinski definition) is 2. The molecule has 1 atom stereocenters. The van der Waals surface area contributed by atoms with Crippen LogP contribution in [0, 0.1) is 5.92 Å². The molecule has 0 aromatic rings. The molecule has 1 aliphatic heterocycles. The molecule has 0 spiro atoms. The van der Waals surface area contributed by atoms with E-state index in [4.69, 9.17) is 0 Å². The van der Waals surface area contributed by atoms with Crippen LogP contribution in [0.25, 0.3) is 0 Å². The first-order chi connectivity index (χ1) is 8.70. The summed E-state index contributed by atoms with van der Waals surface area (Å²) in [5.41, 5.74) is 0. The van der Waals surface area contributed by atoms with Crippen LogP contribution in [-0.2, 0) is 9.59 Å². The van der Waals surface area contributed by atoms with E-state index in [9.17, 15) is 9.59 Å². The van der Waals surface area contributed by atoms with Crippen molar-refractivity contribution in [3.05, 3.63) is 0 Å². The molecule has 2 aliphatic rings. The zero-order valence-electron chi connectivity index (χ0n) is 11.3. The van der Waals surface area contributed by atoms with Gasteiger partial charge in [0.1, 0.15) is 6.04 Å². The third kappa shape index (κ3) is 3.24. The Labute approximate surface area is 109 Å². The number of amides is 2. The Kier molecular flexibility index (Phi) is 4.61. The molecule has 1 saturated heterocycles. The molecule has 2 fully saturated rings. The zero-order valence-corrected chi connectivity index (χ0v) is 11.3. The lowest BCUT2D eigenvalue weighted by molar-refractivity contribution is -0.134. The van der Waals surface area contributed by atoms with Crippen molar-refractivity contribution in [2.24, 2.45) is 5.92 Å². The molecule has 4 nitrogen and oxygen atoms in total. The lowest BCUT2D eigenvalue weighted by Gasteiger charge is -2.30. The van der Waals surface area contributed by atoms with Crippen molar-refractivity contribution in [3.63, 3.8) is 0 Å². The first kappa shape index (κ1) is 13.4. The Morgan fingerprint density at radius 1 is 1.22 bits per heavy atom. The van der Waals surface area contributed by atoms with Crippen molar-refractivity contribution in [1.29, 1.82) is 0 Å². The van der Waals surface area contributed by atoms with E-state index in [0.29, 0.717) is 25.3 Å². The summed E-state index contributed by atoms with van der Waals surface area (Å²) >= 11 is 0. The standard InChI is InChI=1S/C14H24N2O2/c1-2-12-14(18)16(9-8-13(17)15-12)10-11-6-4-3-5-7-11/h11-12H,2-10H2,1H3,(H,15,17). The van der Waals surface area contributed by atoms with Crippen LogP contribution in [-0.4, -0.2) is 35.8 Å². The van der Waals surface area contributed by atoms with Crippen LogP contribution in [0.15, 0.2) is 0 Å². The maximum atomic E-state index is 12.3. The van der Waals surface area contributed by atoms with E-state index in [1.54, 1.807) is 0 Å². The minimum absolute atomic E-state index is 0.0151. The summed E-state index contributed by atoms with van der Waals surface area (Å²) in [6.45, 7) is 3.40. The van der Waals surface area contributed by atoms with Gasteiger partial charge in [-0.1, -0.05) is 26.2 Å². The molecule has 1 aliphatic carbocycles. The zero-order chi connectivity index (χ0) is 13.0. The largest absolute Gasteiger partial charge is 0.344 e. The summed E-state index contributed by atoms with van der Waals surface area (Å²) in [7, 11) is 0. The normalized spacial score (nSPS) is 26.9. The van der Waals surface area contributed by atoms with Gasteiger partial charge in [-0.15, -0.1) is 0 Å². The molecule has 0 aromatic carbocycles. The molecule has 102 valence electrons. The van der Waals surface area contributed by atoms with Crippen molar-refractivity contribution in [1.82, 2.24) is 10.2 Å². The molecule has 2 amide bonds. The number of hydrogen-bond donors (Lipinski definition) is 1. The Morgan fingerprint density at radius 3 is 2.61 bits per heavy atom. The maximum Gasteiger partial charge on any atom is 0.245 e. The van der Waals surface area contributed by atoms with Crippen LogP contribution in [0.5, 0.6) is 0 Å². The van der Waals surface area contributed by atoms with Crippen molar-refractivity contribution in [2.75, 3.05) is 13.1 Å². The highest BCUT2D eigenvalue weighted by Crippen LogP contribution is 2.25. The summed E-state index contributed by atoms with van der Waals surface area (Å²) in [6.07, 6.45) is 7.54. The summed E-state index contributed by atoms with van der Waals surface area (Å²) in [4.78, 5) is 25.8. The number of carbonyl (C=O) groups excluding carboxylic acids is 2. The van der Waals surface area contributed by atoms with E-state index >= 15 is 0 Å². The van der Waals surface area contributed by atoms with E-state index in [2.05, 4.69) is 5.32 Å². The predicted molar refractivity (Wildman–Crippen MR) is 70.0 cm³/mol. The van der Waals surface area contributed by atoms with Crippen LogP contribution in [0.4, 0.5) is 0 Å². The van der Waals surface area contributed by atoms with Crippen LogP contribution >= 0.6 is 0 Å². The van der Waals surface area contributed by atoms with E-state index < -0.39 is 0 Å². The van der Waals surface area contributed by atoms with Gasteiger partial charge in [0.25, 0.3) is 0 Å². The molecular formula is C14H24N2O2. The maximum absolute atomic E-state index is 12.3. The summed E-state index contributed by atoms with van der Waals surface area (Å²) < 4.78 is 0. The van der Waals surface area contributed by atoms with Crippen molar-refractivity contribution < 1.29 is 9.59 Å². The van der Waals surface area contributed by atoms with Gasteiger partial charge >= 0.3 is 0 Å². The number of rotatable bonds is 3. The quantitative estimate of drug-likeness (QED) is 0.831. The van der Waals surface area contributed by atoms with Gasteiger partial charge in [-0.3, -0.25) is 9.59 Å². The third-order valence-electron chi connectivity index (χ3n) is 4.17. The molecule has 0 radical (unpaired) electrons. The minimum Gasteiger partial charge on any atom is -0.344 e. The van der Waals surface area contributed by atoms with Gasteiger partial charge in [-0.05, 0) is 25.2 Å². The van der Waals surface area contributed by atoms with Crippen LogP contribution in [0.2, 0.25) is 0 Å². The van der Waals surface area contributed by atoms with Gasteiger partial charge in [0.05, 0.1) is 0 Å². The molecule has 1 heterocycles. The Balaban J connectivity index is 1.96. The first-order valence-corrected chi connectivity index (χ1v) is 7.29. The van der Waals surface area contributed by atoms with E-state index in [-0.39, 0.29) is 17.9 Å². The summed E-state index contributed by atoms with van der Waals surface area (Å²) in [6, 6.07) is -0.302. The topological polar surface area (TPSA) is 49.4 Å². The fourth-order valence-electron chi connectivity index (χ4n) is 3.03. The highest BCUT2D eigenvalue weighted by Gasteiger charge is 2.30. The number of nitrogens with zero attached hydrogens (tertiary/aromatic N) is 1. The van der Waals surface area contributed by atoms with Crippen LogP contribution in [0.3, 0.4) is 0 Å². The average molecular weight is 252 g/mol.